The van der Waals surface area contributed by atoms with E-state index in [1.807, 2.05) is 0 Å². The number of nitriles is 1. The topological polar surface area (TPSA) is 66.9 Å². The van der Waals surface area contributed by atoms with Gasteiger partial charge in [-0.1, -0.05) is 12.2 Å². The van der Waals surface area contributed by atoms with Crippen LogP contribution in [-0.2, 0) is 4.79 Å². The van der Waals surface area contributed by atoms with Crippen LogP contribution in [0.15, 0.2) is 23.8 Å². The minimum Gasteiger partial charge on any atom is -0.365 e. The predicted molar refractivity (Wildman–Crippen MR) is 37.7 cm³/mol. The molecule has 2 N–H and O–H groups in total. The molecule has 0 aromatic carbocycles. The van der Waals surface area contributed by atoms with E-state index in [4.69, 9.17) is 11.0 Å². The summed E-state index contributed by atoms with van der Waals surface area (Å²) >= 11 is 0. The summed E-state index contributed by atoms with van der Waals surface area (Å²) in [6.07, 6.45) is 1.35. The highest BCUT2D eigenvalue weighted by molar-refractivity contribution is 5.96. The molecule has 0 heterocycles. The molecule has 0 aliphatic rings. The zero-order chi connectivity index (χ0) is 8.15. The highest BCUT2D eigenvalue weighted by Gasteiger charge is 2.00. The fraction of sp³-hybridized carbons (Fsp3) is 0.143. The standard InChI is InChI=1S/C7H8N2O/c1-5(2)3-6(4-8)7(9)10/h3H,1H2,2H3,(H2,9,10)/b6-3+. The van der Waals surface area contributed by atoms with Crippen LogP contribution in [0.4, 0.5) is 0 Å². The number of allylic oxidation sites excluding steroid dienone is 2. The van der Waals surface area contributed by atoms with Gasteiger partial charge in [0, 0.05) is 0 Å². The number of nitrogens with two attached hydrogens (primary N) is 1. The van der Waals surface area contributed by atoms with Crippen LogP contribution in [0.1, 0.15) is 6.92 Å². The maximum atomic E-state index is 10.4. The van der Waals surface area contributed by atoms with Crippen molar-refractivity contribution in [1.82, 2.24) is 0 Å². The number of rotatable bonds is 2. The summed E-state index contributed by atoms with van der Waals surface area (Å²) in [5.74, 6) is -0.717. The van der Waals surface area contributed by atoms with Gasteiger partial charge in [0.05, 0.1) is 0 Å². The van der Waals surface area contributed by atoms with E-state index in [2.05, 4.69) is 6.58 Å². The van der Waals surface area contributed by atoms with Crippen LogP contribution in [-0.4, -0.2) is 5.91 Å². The van der Waals surface area contributed by atoms with Gasteiger partial charge < -0.3 is 5.73 Å². The molecule has 0 saturated heterocycles. The molecule has 0 atom stereocenters. The van der Waals surface area contributed by atoms with Gasteiger partial charge in [-0.25, -0.2) is 0 Å². The van der Waals surface area contributed by atoms with Gasteiger partial charge in [-0.15, -0.1) is 0 Å². The highest BCUT2D eigenvalue weighted by Crippen LogP contribution is 1.96. The first-order valence-corrected chi connectivity index (χ1v) is 2.65. The van der Waals surface area contributed by atoms with Crippen LogP contribution in [0.3, 0.4) is 0 Å². The summed E-state index contributed by atoms with van der Waals surface area (Å²) in [6.45, 7) is 5.17. The molecular weight excluding hydrogens is 128 g/mol. The van der Waals surface area contributed by atoms with Gasteiger partial charge in [0.2, 0.25) is 0 Å². The molecule has 52 valence electrons. The van der Waals surface area contributed by atoms with Crippen LogP contribution >= 0.6 is 0 Å². The average molecular weight is 136 g/mol. The van der Waals surface area contributed by atoms with E-state index >= 15 is 0 Å². The van der Waals surface area contributed by atoms with Crippen molar-refractivity contribution >= 4 is 5.91 Å². The highest BCUT2D eigenvalue weighted by atomic mass is 16.1. The van der Waals surface area contributed by atoms with Crippen LogP contribution in [0.2, 0.25) is 0 Å². The molecule has 0 rings (SSSR count). The second-order valence-electron chi connectivity index (χ2n) is 1.88. The fourth-order valence-electron chi connectivity index (χ4n) is 0.405. The summed E-state index contributed by atoms with van der Waals surface area (Å²) in [4.78, 5) is 10.4. The van der Waals surface area contributed by atoms with Crippen LogP contribution in [0, 0.1) is 11.3 Å². The Kier molecular flexibility index (Phi) is 2.92. The van der Waals surface area contributed by atoms with E-state index in [1.165, 1.54) is 6.08 Å². The predicted octanol–water partition coefficient (Wildman–Crippen LogP) is 0.498. The number of carbonyl (C=O) groups is 1. The Labute approximate surface area is 59.4 Å². The molecule has 0 radical (unpaired) electrons. The fourth-order valence-corrected chi connectivity index (χ4v) is 0.405. The number of hydrogen-bond acceptors (Lipinski definition) is 2. The van der Waals surface area contributed by atoms with E-state index in [9.17, 15) is 4.79 Å². The number of carbonyl (C=O) groups excluding carboxylic acids is 1. The first-order valence-electron chi connectivity index (χ1n) is 2.65. The second-order valence-corrected chi connectivity index (χ2v) is 1.88. The number of nitrogens with zero attached hydrogens (tertiary/aromatic N) is 1. The van der Waals surface area contributed by atoms with Crippen molar-refractivity contribution in [3.63, 3.8) is 0 Å². The minimum absolute atomic E-state index is 0.0625. The number of hydrogen-bond donors (Lipinski definition) is 1. The molecule has 0 bridgehead atoms. The molecule has 0 aromatic rings. The van der Waals surface area contributed by atoms with Crippen molar-refractivity contribution in [2.75, 3.05) is 0 Å². The Balaban J connectivity index is 4.55. The molecule has 1 amide bonds. The normalized spacial score (nSPS) is 10.2. The average Bonchev–Trinajstić information content (AvgIpc) is 1.81. The van der Waals surface area contributed by atoms with Crippen molar-refractivity contribution in [3.8, 4) is 6.07 Å². The largest absolute Gasteiger partial charge is 0.365 e. The summed E-state index contributed by atoms with van der Waals surface area (Å²) in [5, 5.41) is 8.29. The molecule has 0 spiro atoms. The summed E-state index contributed by atoms with van der Waals surface area (Å²) in [6, 6.07) is 1.66. The monoisotopic (exact) mass is 136 g/mol. The van der Waals surface area contributed by atoms with E-state index in [0.717, 1.165) is 0 Å². The Morgan fingerprint density at radius 2 is 2.30 bits per heavy atom. The van der Waals surface area contributed by atoms with Crippen molar-refractivity contribution < 1.29 is 4.79 Å². The van der Waals surface area contributed by atoms with E-state index in [0.29, 0.717) is 5.57 Å². The van der Waals surface area contributed by atoms with Crippen molar-refractivity contribution in [3.05, 3.63) is 23.8 Å². The Bertz CT molecular complexity index is 232. The lowest BCUT2D eigenvalue weighted by Gasteiger charge is -1.88. The molecule has 0 unspecified atom stereocenters. The molecule has 0 aromatic heterocycles. The first-order chi connectivity index (χ1) is 4.57. The zero-order valence-electron chi connectivity index (χ0n) is 5.72. The van der Waals surface area contributed by atoms with Crippen molar-refractivity contribution in [1.29, 1.82) is 5.26 Å². The lowest BCUT2D eigenvalue weighted by Crippen LogP contribution is -2.12. The van der Waals surface area contributed by atoms with Gasteiger partial charge in [-0.3, -0.25) is 4.79 Å². The molecule has 0 aliphatic carbocycles. The van der Waals surface area contributed by atoms with E-state index < -0.39 is 5.91 Å². The first kappa shape index (κ1) is 8.44. The number of primary amides is 1. The summed E-state index contributed by atoms with van der Waals surface area (Å²) < 4.78 is 0. The summed E-state index contributed by atoms with van der Waals surface area (Å²) in [5.41, 5.74) is 5.40. The lowest BCUT2D eigenvalue weighted by molar-refractivity contribution is -0.114. The van der Waals surface area contributed by atoms with Crippen LogP contribution in [0.5, 0.6) is 0 Å². The molecule has 10 heavy (non-hydrogen) atoms. The Hall–Kier alpha value is -1.56. The van der Waals surface area contributed by atoms with Gasteiger partial charge in [0.25, 0.3) is 5.91 Å². The van der Waals surface area contributed by atoms with E-state index in [1.54, 1.807) is 13.0 Å². The second kappa shape index (κ2) is 3.46. The molecular formula is C7H8N2O. The van der Waals surface area contributed by atoms with Crippen LogP contribution < -0.4 is 5.73 Å². The van der Waals surface area contributed by atoms with Gasteiger partial charge in [0.15, 0.2) is 0 Å². The smallest absolute Gasteiger partial charge is 0.259 e. The van der Waals surface area contributed by atoms with Crippen LogP contribution in [0.25, 0.3) is 0 Å². The van der Waals surface area contributed by atoms with Crippen molar-refractivity contribution in [2.45, 2.75) is 6.92 Å². The van der Waals surface area contributed by atoms with Gasteiger partial charge in [-0.05, 0) is 13.0 Å². The van der Waals surface area contributed by atoms with Gasteiger partial charge in [-0.2, -0.15) is 5.26 Å². The lowest BCUT2D eigenvalue weighted by atomic mass is 10.2. The molecule has 0 aliphatic heterocycles. The zero-order valence-corrected chi connectivity index (χ0v) is 5.72. The SMILES string of the molecule is C=C(C)/C=C(\C#N)C(N)=O. The molecule has 3 nitrogen and oxygen atoms in total. The van der Waals surface area contributed by atoms with E-state index in [-0.39, 0.29) is 5.57 Å². The third-order valence-corrected chi connectivity index (χ3v) is 0.777. The maximum absolute atomic E-state index is 10.4. The van der Waals surface area contributed by atoms with Gasteiger partial charge in [0.1, 0.15) is 11.6 Å². The quantitative estimate of drug-likeness (QED) is 0.341. The Morgan fingerprint density at radius 3 is 2.40 bits per heavy atom. The molecule has 3 heteroatoms. The molecule has 0 saturated carbocycles. The summed E-state index contributed by atoms with van der Waals surface area (Å²) in [7, 11) is 0. The minimum atomic E-state index is -0.717. The number of amides is 1. The van der Waals surface area contributed by atoms with Gasteiger partial charge >= 0.3 is 0 Å². The third-order valence-electron chi connectivity index (χ3n) is 0.777. The third kappa shape index (κ3) is 2.68. The maximum Gasteiger partial charge on any atom is 0.259 e. The van der Waals surface area contributed by atoms with Crippen molar-refractivity contribution in [2.24, 2.45) is 5.73 Å². The molecule has 0 fully saturated rings. The Morgan fingerprint density at radius 1 is 1.80 bits per heavy atom.